The minimum Gasteiger partial charge on any atom is -0.270 e. The summed E-state index contributed by atoms with van der Waals surface area (Å²) in [5.74, 6) is -0.163. The van der Waals surface area contributed by atoms with Crippen LogP contribution in [0.4, 0.5) is 0 Å². The molecule has 0 saturated heterocycles. The fourth-order valence-corrected chi connectivity index (χ4v) is 1.61. The van der Waals surface area contributed by atoms with Crippen molar-refractivity contribution in [1.29, 1.82) is 0 Å². The quantitative estimate of drug-likeness (QED) is 0.718. The summed E-state index contributed by atoms with van der Waals surface area (Å²) in [6.07, 6.45) is 0.745. The van der Waals surface area contributed by atoms with Gasteiger partial charge in [-0.3, -0.25) is 4.79 Å². The minimum absolute atomic E-state index is 0.163. The predicted octanol–water partition coefficient (Wildman–Crippen LogP) is 1.37. The zero-order valence-electron chi connectivity index (χ0n) is 5.32. The monoisotopic (exact) mass is 268 g/mol. The maximum atomic E-state index is 10.9. The second-order valence-corrected chi connectivity index (χ2v) is 5.37. The second-order valence-electron chi connectivity index (χ2n) is 1.93. The molecule has 0 radical (unpaired) electrons. The van der Waals surface area contributed by atoms with E-state index in [1.54, 1.807) is 0 Å². The Kier molecular flexibility index (Phi) is 2.15. The molecule has 1 aliphatic heterocycles. The summed E-state index contributed by atoms with van der Waals surface area (Å²) < 4.78 is -0.755. The van der Waals surface area contributed by atoms with Gasteiger partial charge in [0.25, 0.3) is 5.91 Å². The Morgan fingerprint density at radius 2 is 2.30 bits per heavy atom. The molecular formula is C5H6Br2N2O. The largest absolute Gasteiger partial charge is 0.273 e. The van der Waals surface area contributed by atoms with E-state index in [-0.39, 0.29) is 5.91 Å². The predicted molar refractivity (Wildman–Crippen MR) is 46.5 cm³/mol. The van der Waals surface area contributed by atoms with Crippen molar-refractivity contribution in [2.45, 2.75) is 16.6 Å². The number of nitrogens with one attached hydrogen (secondary N) is 1. The van der Waals surface area contributed by atoms with Gasteiger partial charge in [0, 0.05) is 0 Å². The zero-order valence-corrected chi connectivity index (χ0v) is 8.49. The highest BCUT2D eigenvalue weighted by molar-refractivity contribution is 9.26. The molecule has 0 bridgehead atoms. The van der Waals surface area contributed by atoms with Crippen molar-refractivity contribution in [2.24, 2.45) is 5.10 Å². The summed E-state index contributed by atoms with van der Waals surface area (Å²) in [6, 6.07) is 0. The van der Waals surface area contributed by atoms with Gasteiger partial charge < -0.3 is 0 Å². The molecule has 3 nitrogen and oxygen atoms in total. The fourth-order valence-electron chi connectivity index (χ4n) is 0.691. The molecule has 0 saturated carbocycles. The van der Waals surface area contributed by atoms with Crippen molar-refractivity contribution in [3.63, 3.8) is 0 Å². The molecule has 1 rings (SSSR count). The summed E-state index contributed by atoms with van der Waals surface area (Å²) in [4.78, 5) is 10.9. The third-order valence-corrected chi connectivity index (χ3v) is 2.91. The van der Waals surface area contributed by atoms with E-state index in [1.807, 2.05) is 6.92 Å². The Morgan fingerprint density at radius 1 is 1.70 bits per heavy atom. The molecule has 0 spiro atoms. The van der Waals surface area contributed by atoms with E-state index in [4.69, 9.17) is 0 Å². The van der Waals surface area contributed by atoms with Gasteiger partial charge in [-0.1, -0.05) is 38.8 Å². The fraction of sp³-hybridized carbons (Fsp3) is 0.600. The third kappa shape index (κ3) is 1.12. The highest BCUT2D eigenvalue weighted by Crippen LogP contribution is 2.32. The number of nitrogens with zero attached hydrogens (tertiary/aromatic N) is 1. The van der Waals surface area contributed by atoms with Gasteiger partial charge in [0.2, 0.25) is 0 Å². The van der Waals surface area contributed by atoms with Gasteiger partial charge in [0.1, 0.15) is 0 Å². The van der Waals surface area contributed by atoms with E-state index in [2.05, 4.69) is 42.4 Å². The summed E-state index contributed by atoms with van der Waals surface area (Å²) in [7, 11) is 0. The Hall–Kier alpha value is 0.1000. The highest BCUT2D eigenvalue weighted by atomic mass is 79.9. The molecule has 1 heterocycles. The lowest BCUT2D eigenvalue weighted by atomic mass is 10.2. The van der Waals surface area contributed by atoms with Gasteiger partial charge in [-0.15, -0.1) is 0 Å². The van der Waals surface area contributed by atoms with Crippen LogP contribution >= 0.6 is 31.9 Å². The van der Waals surface area contributed by atoms with Crippen molar-refractivity contribution in [3.8, 4) is 0 Å². The van der Waals surface area contributed by atoms with E-state index in [9.17, 15) is 4.79 Å². The molecule has 0 atom stereocenters. The topological polar surface area (TPSA) is 41.5 Å². The van der Waals surface area contributed by atoms with Crippen LogP contribution in [0.1, 0.15) is 13.3 Å². The maximum absolute atomic E-state index is 10.9. The molecule has 0 unspecified atom stereocenters. The average molecular weight is 270 g/mol. The molecular weight excluding hydrogens is 264 g/mol. The third-order valence-electron chi connectivity index (χ3n) is 1.27. The Balaban J connectivity index is 2.87. The summed E-state index contributed by atoms with van der Waals surface area (Å²) in [5.41, 5.74) is 3.14. The number of alkyl halides is 2. The molecule has 10 heavy (non-hydrogen) atoms. The van der Waals surface area contributed by atoms with Crippen LogP contribution in [0, 0.1) is 0 Å². The summed E-state index contributed by atoms with van der Waals surface area (Å²) in [5, 5.41) is 3.81. The van der Waals surface area contributed by atoms with Crippen LogP contribution in [-0.4, -0.2) is 14.9 Å². The minimum atomic E-state index is -0.755. The molecule has 0 aromatic heterocycles. The number of carbonyl (C=O) groups excluding carboxylic acids is 1. The number of amides is 1. The Bertz CT molecular complexity index is 200. The van der Waals surface area contributed by atoms with E-state index >= 15 is 0 Å². The van der Waals surface area contributed by atoms with Gasteiger partial charge in [-0.2, -0.15) is 5.10 Å². The normalized spacial score (nSPS) is 22.3. The van der Waals surface area contributed by atoms with Crippen LogP contribution in [0.5, 0.6) is 0 Å². The lowest BCUT2D eigenvalue weighted by Crippen LogP contribution is -2.32. The zero-order chi connectivity index (χ0) is 7.78. The van der Waals surface area contributed by atoms with E-state index < -0.39 is 3.23 Å². The summed E-state index contributed by atoms with van der Waals surface area (Å²) in [6.45, 7) is 1.94. The molecule has 5 heteroatoms. The molecule has 0 aromatic carbocycles. The Morgan fingerprint density at radius 3 is 2.50 bits per heavy atom. The number of hydrogen-bond donors (Lipinski definition) is 1. The first-order valence-corrected chi connectivity index (χ1v) is 4.43. The van der Waals surface area contributed by atoms with Crippen LogP contribution in [0.2, 0.25) is 0 Å². The van der Waals surface area contributed by atoms with Crippen LogP contribution in [0.3, 0.4) is 0 Å². The average Bonchev–Trinajstić information content (AvgIpc) is 2.10. The lowest BCUT2D eigenvalue weighted by Gasteiger charge is -2.09. The van der Waals surface area contributed by atoms with E-state index in [0.717, 1.165) is 12.1 Å². The Labute approximate surface area is 75.5 Å². The molecule has 0 aliphatic carbocycles. The van der Waals surface area contributed by atoms with Crippen LogP contribution in [0.25, 0.3) is 0 Å². The maximum Gasteiger partial charge on any atom is 0.273 e. The van der Waals surface area contributed by atoms with E-state index in [1.165, 1.54) is 0 Å². The number of rotatable bonds is 1. The van der Waals surface area contributed by atoms with Crippen LogP contribution in [-0.2, 0) is 4.79 Å². The first kappa shape index (κ1) is 8.20. The van der Waals surface area contributed by atoms with Gasteiger partial charge in [-0.25, -0.2) is 5.43 Å². The van der Waals surface area contributed by atoms with Crippen molar-refractivity contribution < 1.29 is 4.79 Å². The number of hydrogen-bond acceptors (Lipinski definition) is 2. The van der Waals surface area contributed by atoms with Gasteiger partial charge in [0.15, 0.2) is 3.23 Å². The van der Waals surface area contributed by atoms with Crippen molar-refractivity contribution in [3.05, 3.63) is 0 Å². The molecule has 1 amide bonds. The van der Waals surface area contributed by atoms with Crippen molar-refractivity contribution in [1.82, 2.24) is 5.43 Å². The highest BCUT2D eigenvalue weighted by Gasteiger charge is 2.41. The van der Waals surface area contributed by atoms with Crippen molar-refractivity contribution >= 4 is 43.5 Å². The lowest BCUT2D eigenvalue weighted by molar-refractivity contribution is -0.119. The van der Waals surface area contributed by atoms with Gasteiger partial charge >= 0.3 is 0 Å². The van der Waals surface area contributed by atoms with Gasteiger partial charge in [-0.05, 0) is 6.42 Å². The van der Waals surface area contributed by atoms with Crippen LogP contribution < -0.4 is 5.43 Å². The molecule has 0 aromatic rings. The summed E-state index contributed by atoms with van der Waals surface area (Å²) >= 11 is 6.42. The number of halogens is 2. The second kappa shape index (κ2) is 2.62. The number of hydrazone groups is 1. The van der Waals surface area contributed by atoms with Crippen LogP contribution in [0.15, 0.2) is 5.10 Å². The SMILES string of the molecule is CCC1=NNC(=O)C1(Br)Br. The molecule has 56 valence electrons. The van der Waals surface area contributed by atoms with E-state index in [0.29, 0.717) is 0 Å². The standard InChI is InChI=1S/C5H6Br2N2O/c1-2-3-5(6,7)4(10)9-8-3/h2H2,1H3,(H,9,10). The molecule has 1 aliphatic rings. The molecule has 1 N–H and O–H groups in total. The smallest absolute Gasteiger partial charge is 0.270 e. The first-order valence-electron chi connectivity index (χ1n) is 2.84. The number of carbonyl (C=O) groups is 1. The van der Waals surface area contributed by atoms with Crippen molar-refractivity contribution in [2.75, 3.05) is 0 Å². The first-order chi connectivity index (χ1) is 4.59. The molecule has 0 fully saturated rings. The van der Waals surface area contributed by atoms with Gasteiger partial charge in [0.05, 0.1) is 5.71 Å².